The molecule has 0 atom stereocenters. The highest BCUT2D eigenvalue weighted by Crippen LogP contribution is 2.04. The first kappa shape index (κ1) is 10.4. The molecule has 2 fully saturated rings. The van der Waals surface area contributed by atoms with E-state index in [4.69, 9.17) is 0 Å². The maximum absolute atomic E-state index is 3.52. The molecule has 82 valence electrons. The van der Waals surface area contributed by atoms with E-state index in [1.807, 2.05) is 0 Å². The van der Waals surface area contributed by atoms with Gasteiger partial charge in [0.05, 0.1) is 0 Å². The summed E-state index contributed by atoms with van der Waals surface area (Å²) in [6.07, 6.45) is 1.69. The molecule has 2 saturated heterocycles. The van der Waals surface area contributed by atoms with Gasteiger partial charge >= 0.3 is 0 Å². The van der Waals surface area contributed by atoms with Crippen LogP contribution in [0.4, 0.5) is 0 Å². The van der Waals surface area contributed by atoms with Gasteiger partial charge in [-0.3, -0.25) is 15.5 Å². The standard InChI is InChI=1S/C10H22N4/c1-2-13-6-8-14(9-7-13)10-11-4-3-5-12-10/h10-12H,2-9H2,1H3. The van der Waals surface area contributed by atoms with Crippen molar-refractivity contribution in [3.63, 3.8) is 0 Å². The first-order valence-corrected chi connectivity index (χ1v) is 5.83. The minimum atomic E-state index is 0.433. The highest BCUT2D eigenvalue weighted by molar-refractivity contribution is 4.77. The topological polar surface area (TPSA) is 30.5 Å². The van der Waals surface area contributed by atoms with Gasteiger partial charge in [0.1, 0.15) is 6.29 Å². The summed E-state index contributed by atoms with van der Waals surface area (Å²) in [5.41, 5.74) is 0. The molecule has 0 aromatic rings. The van der Waals surface area contributed by atoms with Crippen LogP contribution < -0.4 is 10.6 Å². The van der Waals surface area contributed by atoms with Crippen molar-refractivity contribution in [2.45, 2.75) is 19.6 Å². The fourth-order valence-electron chi connectivity index (χ4n) is 2.23. The Kier molecular flexibility index (Phi) is 3.75. The maximum Gasteiger partial charge on any atom is 0.114 e. The largest absolute Gasteiger partial charge is 0.301 e. The summed E-state index contributed by atoms with van der Waals surface area (Å²) in [6, 6.07) is 0. The molecule has 0 spiro atoms. The predicted octanol–water partition coefficient (Wildman–Crippen LogP) is -0.510. The van der Waals surface area contributed by atoms with Gasteiger partial charge < -0.3 is 4.90 Å². The Labute approximate surface area is 86.6 Å². The first-order chi connectivity index (χ1) is 6.90. The SMILES string of the molecule is CCN1CCN(C2NCCCN2)CC1. The zero-order chi connectivity index (χ0) is 9.80. The van der Waals surface area contributed by atoms with Crippen molar-refractivity contribution in [1.29, 1.82) is 0 Å². The van der Waals surface area contributed by atoms with E-state index in [9.17, 15) is 0 Å². The summed E-state index contributed by atoms with van der Waals surface area (Å²) < 4.78 is 0. The minimum Gasteiger partial charge on any atom is -0.301 e. The van der Waals surface area contributed by atoms with Crippen molar-refractivity contribution in [1.82, 2.24) is 20.4 Å². The van der Waals surface area contributed by atoms with Crippen LogP contribution in [0.25, 0.3) is 0 Å². The van der Waals surface area contributed by atoms with E-state index < -0.39 is 0 Å². The van der Waals surface area contributed by atoms with Gasteiger partial charge in [0.2, 0.25) is 0 Å². The van der Waals surface area contributed by atoms with Gasteiger partial charge in [0.25, 0.3) is 0 Å². The summed E-state index contributed by atoms with van der Waals surface area (Å²) in [7, 11) is 0. The molecular weight excluding hydrogens is 176 g/mol. The molecule has 2 N–H and O–H groups in total. The van der Waals surface area contributed by atoms with E-state index in [1.54, 1.807) is 0 Å². The Morgan fingerprint density at radius 1 is 1.07 bits per heavy atom. The average molecular weight is 198 g/mol. The molecule has 14 heavy (non-hydrogen) atoms. The molecule has 2 heterocycles. The highest BCUT2D eigenvalue weighted by atomic mass is 15.4. The van der Waals surface area contributed by atoms with Crippen LogP contribution in [0, 0.1) is 0 Å². The van der Waals surface area contributed by atoms with Crippen LogP contribution in [0.5, 0.6) is 0 Å². The Bertz CT molecular complexity index is 160. The normalized spacial score (nSPS) is 28.1. The van der Waals surface area contributed by atoms with Crippen LogP contribution in [0.2, 0.25) is 0 Å². The second-order valence-electron chi connectivity index (χ2n) is 4.13. The Morgan fingerprint density at radius 2 is 1.71 bits per heavy atom. The Hall–Kier alpha value is -0.160. The van der Waals surface area contributed by atoms with E-state index in [0.29, 0.717) is 6.29 Å². The van der Waals surface area contributed by atoms with Crippen molar-refractivity contribution in [2.24, 2.45) is 0 Å². The van der Waals surface area contributed by atoms with Gasteiger partial charge in [-0.1, -0.05) is 6.92 Å². The average Bonchev–Trinajstić information content (AvgIpc) is 2.30. The lowest BCUT2D eigenvalue weighted by Crippen LogP contribution is -2.62. The molecular formula is C10H22N4. The molecule has 0 amide bonds. The smallest absolute Gasteiger partial charge is 0.114 e. The van der Waals surface area contributed by atoms with E-state index >= 15 is 0 Å². The zero-order valence-electron chi connectivity index (χ0n) is 9.13. The van der Waals surface area contributed by atoms with Gasteiger partial charge in [-0.25, -0.2) is 0 Å². The Morgan fingerprint density at radius 3 is 2.29 bits per heavy atom. The molecule has 0 bridgehead atoms. The second kappa shape index (κ2) is 5.07. The third kappa shape index (κ3) is 2.45. The third-order valence-electron chi connectivity index (χ3n) is 3.25. The molecule has 0 radical (unpaired) electrons. The molecule has 2 aliphatic heterocycles. The molecule has 0 aromatic carbocycles. The van der Waals surface area contributed by atoms with Gasteiger partial charge in [0, 0.05) is 26.2 Å². The molecule has 2 rings (SSSR count). The van der Waals surface area contributed by atoms with Gasteiger partial charge in [-0.05, 0) is 26.1 Å². The zero-order valence-corrected chi connectivity index (χ0v) is 9.13. The third-order valence-corrected chi connectivity index (χ3v) is 3.25. The van der Waals surface area contributed by atoms with Crippen LogP contribution in [0.3, 0.4) is 0 Å². The summed E-state index contributed by atoms with van der Waals surface area (Å²) in [5.74, 6) is 0. The summed E-state index contributed by atoms with van der Waals surface area (Å²) >= 11 is 0. The minimum absolute atomic E-state index is 0.433. The lowest BCUT2D eigenvalue weighted by molar-refractivity contribution is 0.0591. The lowest BCUT2D eigenvalue weighted by atomic mass is 10.3. The summed E-state index contributed by atoms with van der Waals surface area (Å²) in [6.45, 7) is 10.6. The molecule has 4 heteroatoms. The van der Waals surface area contributed by atoms with E-state index in [0.717, 1.165) is 13.1 Å². The van der Waals surface area contributed by atoms with E-state index in [1.165, 1.54) is 39.1 Å². The van der Waals surface area contributed by atoms with Crippen molar-refractivity contribution in [3.05, 3.63) is 0 Å². The van der Waals surface area contributed by atoms with Gasteiger partial charge in [-0.15, -0.1) is 0 Å². The molecule has 2 aliphatic rings. The molecule has 0 aromatic heterocycles. The number of hydrogen-bond donors (Lipinski definition) is 2. The number of likely N-dealkylation sites (N-methyl/N-ethyl adjacent to an activating group) is 1. The second-order valence-corrected chi connectivity index (χ2v) is 4.13. The van der Waals surface area contributed by atoms with Gasteiger partial charge in [-0.2, -0.15) is 0 Å². The van der Waals surface area contributed by atoms with Crippen LogP contribution in [0.15, 0.2) is 0 Å². The van der Waals surface area contributed by atoms with Crippen LogP contribution in [0.1, 0.15) is 13.3 Å². The Balaban J connectivity index is 1.76. The fraction of sp³-hybridized carbons (Fsp3) is 1.00. The number of hydrogen-bond acceptors (Lipinski definition) is 4. The van der Waals surface area contributed by atoms with E-state index in [2.05, 4.69) is 27.4 Å². The monoisotopic (exact) mass is 198 g/mol. The van der Waals surface area contributed by atoms with Crippen LogP contribution in [-0.4, -0.2) is 61.9 Å². The van der Waals surface area contributed by atoms with Crippen LogP contribution in [-0.2, 0) is 0 Å². The quantitative estimate of drug-likeness (QED) is 0.626. The number of nitrogens with one attached hydrogen (secondary N) is 2. The van der Waals surface area contributed by atoms with Crippen molar-refractivity contribution < 1.29 is 0 Å². The number of rotatable bonds is 2. The maximum atomic E-state index is 3.52. The fourth-order valence-corrected chi connectivity index (χ4v) is 2.23. The van der Waals surface area contributed by atoms with E-state index in [-0.39, 0.29) is 0 Å². The first-order valence-electron chi connectivity index (χ1n) is 5.83. The van der Waals surface area contributed by atoms with Gasteiger partial charge in [0.15, 0.2) is 0 Å². The summed E-state index contributed by atoms with van der Waals surface area (Å²) in [5, 5.41) is 7.04. The highest BCUT2D eigenvalue weighted by Gasteiger charge is 2.23. The molecule has 0 unspecified atom stereocenters. The van der Waals surface area contributed by atoms with Crippen molar-refractivity contribution >= 4 is 0 Å². The predicted molar refractivity (Wildman–Crippen MR) is 58.1 cm³/mol. The summed E-state index contributed by atoms with van der Waals surface area (Å²) in [4.78, 5) is 5.03. The lowest BCUT2D eigenvalue weighted by Gasteiger charge is -2.41. The molecule has 0 saturated carbocycles. The number of nitrogens with zero attached hydrogens (tertiary/aromatic N) is 2. The number of piperazine rings is 1. The van der Waals surface area contributed by atoms with Crippen LogP contribution >= 0.6 is 0 Å². The van der Waals surface area contributed by atoms with Crippen molar-refractivity contribution in [3.8, 4) is 0 Å². The molecule has 4 nitrogen and oxygen atoms in total. The van der Waals surface area contributed by atoms with Crippen molar-refractivity contribution in [2.75, 3.05) is 45.8 Å². The molecule has 0 aliphatic carbocycles.